The van der Waals surface area contributed by atoms with Gasteiger partial charge in [0.1, 0.15) is 6.54 Å². The van der Waals surface area contributed by atoms with Gasteiger partial charge >= 0.3 is 12.0 Å². The minimum Gasteiger partial charge on any atom is -0.480 e. The fourth-order valence-electron chi connectivity index (χ4n) is 1.29. The van der Waals surface area contributed by atoms with Crippen molar-refractivity contribution in [1.29, 1.82) is 5.26 Å². The molecule has 0 aliphatic heterocycles. The first-order valence-electron chi connectivity index (χ1n) is 5.53. The lowest BCUT2D eigenvalue weighted by Gasteiger charge is -2.30. The molecule has 0 heterocycles. The number of amides is 2. The summed E-state index contributed by atoms with van der Waals surface area (Å²) in [6.07, 6.45) is 0.202. The maximum Gasteiger partial charge on any atom is 0.323 e. The number of rotatable bonds is 7. The zero-order chi connectivity index (χ0) is 14.1. The van der Waals surface area contributed by atoms with Crippen LogP contribution < -0.4 is 0 Å². The van der Waals surface area contributed by atoms with Gasteiger partial charge in [0.15, 0.2) is 0 Å². The third kappa shape index (κ3) is 5.50. The molecular formula is C11H19N3O4. The van der Waals surface area contributed by atoms with Gasteiger partial charge in [-0.25, -0.2) is 4.79 Å². The van der Waals surface area contributed by atoms with E-state index in [4.69, 9.17) is 15.1 Å². The quantitative estimate of drug-likeness (QED) is 0.711. The molecular weight excluding hydrogens is 238 g/mol. The predicted octanol–water partition coefficient (Wildman–Crippen LogP) is 0.373. The molecule has 18 heavy (non-hydrogen) atoms. The summed E-state index contributed by atoms with van der Waals surface area (Å²) >= 11 is 0. The summed E-state index contributed by atoms with van der Waals surface area (Å²) in [4.78, 5) is 25.3. The number of nitriles is 1. The van der Waals surface area contributed by atoms with Crippen molar-refractivity contribution in [2.24, 2.45) is 0 Å². The maximum absolute atomic E-state index is 12.0. The number of methoxy groups -OCH3 is 1. The highest BCUT2D eigenvalue weighted by Gasteiger charge is 2.23. The van der Waals surface area contributed by atoms with Gasteiger partial charge in [0.25, 0.3) is 0 Å². The molecule has 1 unspecified atom stereocenters. The summed E-state index contributed by atoms with van der Waals surface area (Å²) in [5.41, 5.74) is 0. The Hall–Kier alpha value is -1.81. The molecule has 0 aromatic rings. The van der Waals surface area contributed by atoms with Crippen LogP contribution in [0.5, 0.6) is 0 Å². The van der Waals surface area contributed by atoms with E-state index in [2.05, 4.69) is 0 Å². The van der Waals surface area contributed by atoms with Gasteiger partial charge in [-0.3, -0.25) is 4.79 Å². The lowest BCUT2D eigenvalue weighted by molar-refractivity contribution is -0.137. The first kappa shape index (κ1) is 16.2. The molecule has 0 radical (unpaired) electrons. The van der Waals surface area contributed by atoms with Crippen LogP contribution in [0.1, 0.15) is 13.3 Å². The van der Waals surface area contributed by atoms with Gasteiger partial charge < -0.3 is 19.6 Å². The Morgan fingerprint density at radius 1 is 1.50 bits per heavy atom. The number of hydrogen-bond acceptors (Lipinski definition) is 4. The largest absolute Gasteiger partial charge is 0.480 e. The second-order valence-corrected chi connectivity index (χ2v) is 3.91. The van der Waals surface area contributed by atoms with E-state index < -0.39 is 12.0 Å². The Balaban J connectivity index is 4.62. The zero-order valence-corrected chi connectivity index (χ0v) is 10.9. The Morgan fingerprint density at radius 2 is 2.11 bits per heavy atom. The molecule has 0 saturated carbocycles. The van der Waals surface area contributed by atoms with E-state index in [1.165, 1.54) is 16.9 Å². The Labute approximate surface area is 107 Å². The van der Waals surface area contributed by atoms with Crippen LogP contribution in [0, 0.1) is 11.3 Å². The fraction of sp³-hybridized carbons (Fsp3) is 0.727. The Kier molecular flexibility index (Phi) is 7.47. The average molecular weight is 257 g/mol. The molecule has 0 saturated heterocycles. The molecule has 0 aliphatic rings. The Bertz CT molecular complexity index is 327. The van der Waals surface area contributed by atoms with Crippen molar-refractivity contribution in [1.82, 2.24) is 9.80 Å². The highest BCUT2D eigenvalue weighted by Crippen LogP contribution is 2.05. The van der Waals surface area contributed by atoms with E-state index in [0.717, 1.165) is 0 Å². The molecule has 7 heteroatoms. The first-order valence-corrected chi connectivity index (χ1v) is 5.53. The van der Waals surface area contributed by atoms with Gasteiger partial charge in [0, 0.05) is 26.7 Å². The van der Waals surface area contributed by atoms with E-state index in [0.29, 0.717) is 0 Å². The number of ether oxygens (including phenoxy) is 1. The summed E-state index contributed by atoms with van der Waals surface area (Å²) in [7, 11) is 3.03. The molecule has 102 valence electrons. The normalized spacial score (nSPS) is 11.4. The average Bonchev–Trinajstić information content (AvgIpc) is 2.32. The van der Waals surface area contributed by atoms with E-state index in [9.17, 15) is 9.59 Å². The van der Waals surface area contributed by atoms with Crippen LogP contribution in [0.25, 0.3) is 0 Å². The van der Waals surface area contributed by atoms with Crippen molar-refractivity contribution in [3.8, 4) is 6.07 Å². The molecule has 0 aromatic heterocycles. The molecule has 7 nitrogen and oxygen atoms in total. The molecule has 0 aromatic carbocycles. The van der Waals surface area contributed by atoms with Crippen molar-refractivity contribution in [3.63, 3.8) is 0 Å². The summed E-state index contributed by atoms with van der Waals surface area (Å²) in [6, 6.07) is 1.29. The van der Waals surface area contributed by atoms with Gasteiger partial charge in [-0.05, 0) is 6.92 Å². The van der Waals surface area contributed by atoms with E-state index in [1.807, 2.05) is 6.07 Å². The topological polar surface area (TPSA) is 93.9 Å². The number of carboxylic acids is 1. The van der Waals surface area contributed by atoms with Gasteiger partial charge in [-0.2, -0.15) is 5.26 Å². The van der Waals surface area contributed by atoms with Crippen molar-refractivity contribution in [2.75, 3.05) is 33.9 Å². The van der Waals surface area contributed by atoms with Crippen LogP contribution >= 0.6 is 0 Å². The maximum atomic E-state index is 12.0. The molecule has 1 N–H and O–H groups in total. The second-order valence-electron chi connectivity index (χ2n) is 3.91. The summed E-state index contributed by atoms with van der Waals surface area (Å²) in [6.45, 7) is 1.81. The molecule has 0 rings (SSSR count). The van der Waals surface area contributed by atoms with Crippen LogP contribution in [0.15, 0.2) is 0 Å². The van der Waals surface area contributed by atoms with Crippen molar-refractivity contribution < 1.29 is 19.4 Å². The highest BCUT2D eigenvalue weighted by atomic mass is 16.5. The fourth-order valence-corrected chi connectivity index (χ4v) is 1.29. The van der Waals surface area contributed by atoms with Crippen LogP contribution in [-0.2, 0) is 9.53 Å². The molecule has 0 bridgehead atoms. The van der Waals surface area contributed by atoms with Crippen LogP contribution in [0.2, 0.25) is 0 Å². The minimum atomic E-state index is -1.08. The lowest BCUT2D eigenvalue weighted by Crippen LogP contribution is -2.48. The van der Waals surface area contributed by atoms with Crippen molar-refractivity contribution in [2.45, 2.75) is 19.4 Å². The highest BCUT2D eigenvalue weighted by molar-refractivity contribution is 5.80. The van der Waals surface area contributed by atoms with Crippen molar-refractivity contribution >= 4 is 12.0 Å². The number of carboxylic acid groups (broad SMARTS) is 1. The Morgan fingerprint density at radius 3 is 2.56 bits per heavy atom. The molecule has 2 amide bonds. The van der Waals surface area contributed by atoms with Crippen LogP contribution in [-0.4, -0.2) is 66.8 Å². The molecule has 0 spiro atoms. The standard InChI is InChI=1S/C11H19N3O4/c1-9(4-5-12)13(2)11(17)14(6-7-18-3)8-10(15)16/h9H,4,6-8H2,1-3H3,(H,15,16). The van der Waals surface area contributed by atoms with Crippen molar-refractivity contribution in [3.05, 3.63) is 0 Å². The summed E-state index contributed by atoms with van der Waals surface area (Å²) in [5.74, 6) is -1.08. The minimum absolute atomic E-state index is 0.200. The number of carbonyl (C=O) groups excluding carboxylic acids is 1. The van der Waals surface area contributed by atoms with Gasteiger partial charge in [0.05, 0.1) is 19.1 Å². The van der Waals surface area contributed by atoms with Gasteiger partial charge in [-0.1, -0.05) is 0 Å². The van der Waals surface area contributed by atoms with Gasteiger partial charge in [0.2, 0.25) is 0 Å². The lowest BCUT2D eigenvalue weighted by atomic mass is 10.2. The first-order chi connectivity index (χ1) is 8.43. The number of nitrogens with zero attached hydrogens (tertiary/aromatic N) is 3. The third-order valence-corrected chi connectivity index (χ3v) is 2.51. The number of urea groups is 1. The summed E-state index contributed by atoms with van der Waals surface area (Å²) in [5, 5.41) is 17.3. The second kappa shape index (κ2) is 8.31. The SMILES string of the molecule is COCCN(CC(=O)O)C(=O)N(C)C(C)CC#N. The zero-order valence-electron chi connectivity index (χ0n) is 10.9. The molecule has 1 atom stereocenters. The van der Waals surface area contributed by atoms with Gasteiger partial charge in [-0.15, -0.1) is 0 Å². The number of carbonyl (C=O) groups is 2. The van der Waals surface area contributed by atoms with E-state index >= 15 is 0 Å². The van der Waals surface area contributed by atoms with E-state index in [-0.39, 0.29) is 32.2 Å². The number of aliphatic carboxylic acids is 1. The smallest absolute Gasteiger partial charge is 0.323 e. The third-order valence-electron chi connectivity index (χ3n) is 2.51. The summed E-state index contributed by atoms with van der Waals surface area (Å²) < 4.78 is 4.83. The number of hydrogen-bond donors (Lipinski definition) is 1. The predicted molar refractivity (Wildman–Crippen MR) is 63.9 cm³/mol. The van der Waals surface area contributed by atoms with Crippen LogP contribution in [0.4, 0.5) is 4.79 Å². The monoisotopic (exact) mass is 257 g/mol. The van der Waals surface area contributed by atoms with Crippen LogP contribution in [0.3, 0.4) is 0 Å². The molecule has 0 aliphatic carbocycles. The molecule has 0 fully saturated rings. The van der Waals surface area contributed by atoms with E-state index in [1.54, 1.807) is 14.0 Å².